The Kier molecular flexibility index (Phi) is 5.12. The van der Waals surface area contributed by atoms with Crippen LogP contribution in [0.2, 0.25) is 0 Å². The Morgan fingerprint density at radius 3 is 2.54 bits per heavy atom. The Bertz CT molecular complexity index is 837. The van der Waals surface area contributed by atoms with Crippen LogP contribution in [0.25, 0.3) is 5.88 Å². The lowest BCUT2D eigenvalue weighted by atomic mass is 9.95. The zero-order valence-corrected chi connectivity index (χ0v) is 15.0. The molecule has 2 amide bonds. The molecule has 1 saturated heterocycles. The molecule has 0 unspecified atom stereocenters. The predicted molar refractivity (Wildman–Crippen MR) is 94.8 cm³/mol. The number of carbonyl (C=O) groups excluding carboxylic acids is 2. The van der Waals surface area contributed by atoms with Crippen molar-refractivity contribution in [3.63, 3.8) is 0 Å². The van der Waals surface area contributed by atoms with Crippen molar-refractivity contribution in [3.05, 3.63) is 41.4 Å². The highest BCUT2D eigenvalue weighted by atomic mass is 16.4. The number of rotatable bonds is 4. The molecule has 3 rings (SSSR count). The van der Waals surface area contributed by atoms with Crippen molar-refractivity contribution < 1.29 is 14.0 Å². The minimum Gasteiger partial charge on any atom is -0.443 e. The highest BCUT2D eigenvalue weighted by molar-refractivity contribution is 5.98. The smallest absolute Gasteiger partial charge is 0.258 e. The fraction of sp³-hybridized carbons (Fsp3) is 0.421. The van der Waals surface area contributed by atoms with Crippen LogP contribution in [-0.2, 0) is 4.79 Å². The van der Waals surface area contributed by atoms with Gasteiger partial charge < -0.3 is 14.6 Å². The summed E-state index contributed by atoms with van der Waals surface area (Å²) < 4.78 is 7.40. The van der Waals surface area contributed by atoms with E-state index in [0.29, 0.717) is 49.7 Å². The monoisotopic (exact) mass is 354 g/mol. The van der Waals surface area contributed by atoms with Crippen LogP contribution in [0.4, 0.5) is 0 Å². The standard InChI is InChI=1S/C19H22N4O3/c1-3-21-17(24)14-6-10-22(11-7-14)18(25)16-13(2)26-19(15(16)12-20)23-8-4-5-9-23/h4-5,8-9,14H,3,6-7,10-11H2,1-2H3,(H,21,24). The molecule has 0 bridgehead atoms. The molecule has 0 aliphatic carbocycles. The largest absolute Gasteiger partial charge is 0.443 e. The summed E-state index contributed by atoms with van der Waals surface area (Å²) in [4.78, 5) is 26.7. The van der Waals surface area contributed by atoms with Gasteiger partial charge in [0, 0.05) is 37.9 Å². The number of likely N-dealkylation sites (tertiary alicyclic amines) is 1. The SMILES string of the molecule is CCNC(=O)C1CCN(C(=O)c2c(C)oc(-n3cccc3)c2C#N)CC1. The van der Waals surface area contributed by atoms with Gasteiger partial charge in [-0.1, -0.05) is 0 Å². The normalized spacial score (nSPS) is 14.9. The zero-order chi connectivity index (χ0) is 18.7. The molecule has 26 heavy (non-hydrogen) atoms. The summed E-state index contributed by atoms with van der Waals surface area (Å²) in [6.45, 7) is 5.19. The molecular weight excluding hydrogens is 332 g/mol. The summed E-state index contributed by atoms with van der Waals surface area (Å²) in [5, 5.41) is 12.4. The van der Waals surface area contributed by atoms with Crippen molar-refractivity contribution in [1.82, 2.24) is 14.8 Å². The summed E-state index contributed by atoms with van der Waals surface area (Å²) in [7, 11) is 0. The van der Waals surface area contributed by atoms with Gasteiger partial charge in [-0.05, 0) is 38.8 Å². The van der Waals surface area contributed by atoms with Crippen LogP contribution >= 0.6 is 0 Å². The summed E-state index contributed by atoms with van der Waals surface area (Å²) >= 11 is 0. The number of nitrogens with one attached hydrogen (secondary N) is 1. The van der Waals surface area contributed by atoms with Gasteiger partial charge in [0.2, 0.25) is 11.8 Å². The molecule has 7 heteroatoms. The second-order valence-electron chi connectivity index (χ2n) is 6.38. The molecular formula is C19H22N4O3. The van der Waals surface area contributed by atoms with Crippen LogP contribution < -0.4 is 5.32 Å². The van der Waals surface area contributed by atoms with Gasteiger partial charge in [0.25, 0.3) is 5.91 Å². The van der Waals surface area contributed by atoms with Gasteiger partial charge in [0.1, 0.15) is 23.0 Å². The van der Waals surface area contributed by atoms with E-state index in [-0.39, 0.29) is 23.3 Å². The van der Waals surface area contributed by atoms with Crippen LogP contribution in [0, 0.1) is 24.2 Å². The van der Waals surface area contributed by atoms with Crippen molar-refractivity contribution in [3.8, 4) is 12.0 Å². The molecule has 3 heterocycles. The maximum absolute atomic E-state index is 13.0. The highest BCUT2D eigenvalue weighted by Crippen LogP contribution is 2.28. The highest BCUT2D eigenvalue weighted by Gasteiger charge is 2.32. The summed E-state index contributed by atoms with van der Waals surface area (Å²) in [6, 6.07) is 5.76. The minimum atomic E-state index is -0.212. The fourth-order valence-corrected chi connectivity index (χ4v) is 3.36. The quantitative estimate of drug-likeness (QED) is 0.911. The number of hydrogen-bond donors (Lipinski definition) is 1. The van der Waals surface area contributed by atoms with E-state index in [2.05, 4.69) is 11.4 Å². The Hall–Kier alpha value is -3.01. The molecule has 2 aromatic rings. The summed E-state index contributed by atoms with van der Waals surface area (Å²) in [5.74, 6) is 0.564. The Morgan fingerprint density at radius 2 is 1.96 bits per heavy atom. The lowest BCUT2D eigenvalue weighted by molar-refractivity contribution is -0.126. The first-order valence-electron chi connectivity index (χ1n) is 8.80. The van der Waals surface area contributed by atoms with Crippen LogP contribution in [-0.4, -0.2) is 40.9 Å². The number of aryl methyl sites for hydroxylation is 1. The first kappa shape index (κ1) is 17.8. The minimum absolute atomic E-state index is 0.0479. The molecule has 0 spiro atoms. The van der Waals surface area contributed by atoms with Gasteiger partial charge in [-0.15, -0.1) is 0 Å². The van der Waals surface area contributed by atoms with Crippen LogP contribution in [0.1, 0.15) is 41.4 Å². The molecule has 1 aliphatic rings. The number of aromatic nitrogens is 1. The molecule has 1 aliphatic heterocycles. The number of hydrogen-bond acceptors (Lipinski definition) is 4. The lowest BCUT2D eigenvalue weighted by Crippen LogP contribution is -2.43. The van der Waals surface area contributed by atoms with E-state index in [1.165, 1.54) is 0 Å². The second kappa shape index (κ2) is 7.48. The predicted octanol–water partition coefficient (Wildman–Crippen LogP) is 2.24. The molecule has 0 atom stereocenters. The topological polar surface area (TPSA) is 91.3 Å². The van der Waals surface area contributed by atoms with Gasteiger partial charge in [-0.3, -0.25) is 14.2 Å². The average molecular weight is 354 g/mol. The van der Waals surface area contributed by atoms with E-state index in [0.717, 1.165) is 0 Å². The van der Waals surface area contributed by atoms with Gasteiger partial charge in [0.15, 0.2) is 0 Å². The number of nitrogens with zero attached hydrogens (tertiary/aromatic N) is 3. The fourth-order valence-electron chi connectivity index (χ4n) is 3.36. The van der Waals surface area contributed by atoms with E-state index in [9.17, 15) is 14.9 Å². The molecule has 0 aromatic carbocycles. The molecule has 0 radical (unpaired) electrons. The van der Waals surface area contributed by atoms with Gasteiger partial charge in [-0.25, -0.2) is 0 Å². The van der Waals surface area contributed by atoms with E-state index in [1.807, 2.05) is 19.1 Å². The molecule has 1 fully saturated rings. The van der Waals surface area contributed by atoms with E-state index in [4.69, 9.17) is 4.42 Å². The maximum atomic E-state index is 13.0. The first-order valence-corrected chi connectivity index (χ1v) is 8.80. The summed E-state index contributed by atoms with van der Waals surface area (Å²) in [6.07, 6.45) is 4.79. The molecule has 136 valence electrons. The molecule has 7 nitrogen and oxygen atoms in total. The van der Waals surface area contributed by atoms with Crippen LogP contribution in [0.5, 0.6) is 0 Å². The van der Waals surface area contributed by atoms with Crippen molar-refractivity contribution in [2.24, 2.45) is 5.92 Å². The Morgan fingerprint density at radius 1 is 1.31 bits per heavy atom. The summed E-state index contributed by atoms with van der Waals surface area (Å²) in [5.41, 5.74) is 0.558. The Labute approximate surface area is 152 Å². The number of nitriles is 1. The van der Waals surface area contributed by atoms with Gasteiger partial charge >= 0.3 is 0 Å². The third kappa shape index (κ3) is 3.23. The van der Waals surface area contributed by atoms with Crippen molar-refractivity contribution in [2.75, 3.05) is 19.6 Å². The van der Waals surface area contributed by atoms with E-state index in [1.54, 1.807) is 28.8 Å². The number of piperidine rings is 1. The molecule has 2 aromatic heterocycles. The van der Waals surface area contributed by atoms with Gasteiger partial charge in [0.05, 0.1) is 0 Å². The van der Waals surface area contributed by atoms with Crippen molar-refractivity contribution in [2.45, 2.75) is 26.7 Å². The van der Waals surface area contributed by atoms with Gasteiger partial charge in [-0.2, -0.15) is 5.26 Å². The first-order chi connectivity index (χ1) is 12.6. The Balaban J connectivity index is 1.79. The third-order valence-corrected chi connectivity index (χ3v) is 4.73. The number of carbonyl (C=O) groups is 2. The molecule has 0 saturated carbocycles. The zero-order valence-electron chi connectivity index (χ0n) is 15.0. The van der Waals surface area contributed by atoms with Crippen molar-refractivity contribution >= 4 is 11.8 Å². The second-order valence-corrected chi connectivity index (χ2v) is 6.38. The number of amides is 2. The third-order valence-electron chi connectivity index (χ3n) is 4.73. The number of furan rings is 1. The van der Waals surface area contributed by atoms with E-state index >= 15 is 0 Å². The van der Waals surface area contributed by atoms with Crippen LogP contribution in [0.15, 0.2) is 28.9 Å². The maximum Gasteiger partial charge on any atom is 0.258 e. The average Bonchev–Trinajstić information content (AvgIpc) is 3.28. The van der Waals surface area contributed by atoms with Crippen molar-refractivity contribution in [1.29, 1.82) is 5.26 Å². The lowest BCUT2D eigenvalue weighted by Gasteiger charge is -2.31. The van der Waals surface area contributed by atoms with E-state index < -0.39 is 0 Å². The van der Waals surface area contributed by atoms with Crippen LogP contribution in [0.3, 0.4) is 0 Å². The molecule has 1 N–H and O–H groups in total.